The highest BCUT2D eigenvalue weighted by Gasteiger charge is 2.11. The lowest BCUT2D eigenvalue weighted by atomic mass is 10.5. The number of aliphatic hydroxyl groups excluding tert-OH is 1. The molecule has 0 amide bonds. The Morgan fingerprint density at radius 1 is 1.16 bits per heavy atom. The van der Waals surface area contributed by atoms with Crippen LogP contribution >= 0.6 is 0 Å². The quantitative estimate of drug-likeness (QED) is 0.689. The number of nitrogens with zero attached hydrogens (tertiary/aromatic N) is 4. The van der Waals surface area contributed by atoms with Gasteiger partial charge in [-0.1, -0.05) is 6.92 Å². The standard InChI is InChI=1S/C12H23N5O2/c1-4-9-19-12-15-10(13-7-8-18)14-11(16-12)17(5-2)6-3/h18H,4-9H2,1-3H3,(H,13,14,15,16). The molecule has 0 spiro atoms. The van der Waals surface area contributed by atoms with E-state index in [9.17, 15) is 0 Å². The van der Waals surface area contributed by atoms with Crippen molar-refractivity contribution >= 4 is 11.9 Å². The second kappa shape index (κ2) is 8.47. The highest BCUT2D eigenvalue weighted by molar-refractivity contribution is 5.38. The van der Waals surface area contributed by atoms with Crippen LogP contribution in [0.5, 0.6) is 6.01 Å². The molecule has 2 N–H and O–H groups in total. The molecular formula is C12H23N5O2. The summed E-state index contributed by atoms with van der Waals surface area (Å²) in [7, 11) is 0. The van der Waals surface area contributed by atoms with Crippen LogP contribution in [0.4, 0.5) is 11.9 Å². The second-order valence-corrected chi connectivity index (χ2v) is 3.91. The predicted molar refractivity (Wildman–Crippen MR) is 74.7 cm³/mol. The van der Waals surface area contributed by atoms with E-state index in [1.165, 1.54) is 0 Å². The Labute approximate surface area is 114 Å². The first-order valence-electron chi connectivity index (χ1n) is 6.73. The minimum atomic E-state index is 0.0252. The zero-order valence-electron chi connectivity index (χ0n) is 11.9. The molecule has 0 aromatic carbocycles. The Morgan fingerprint density at radius 3 is 2.47 bits per heavy atom. The Hall–Kier alpha value is -1.63. The molecule has 0 saturated carbocycles. The van der Waals surface area contributed by atoms with Gasteiger partial charge < -0.3 is 20.1 Å². The Balaban J connectivity index is 2.93. The molecule has 0 aliphatic carbocycles. The molecule has 0 aliphatic rings. The molecule has 0 saturated heterocycles. The topological polar surface area (TPSA) is 83.4 Å². The first-order chi connectivity index (χ1) is 9.24. The summed E-state index contributed by atoms with van der Waals surface area (Å²) in [5, 5.41) is 11.8. The van der Waals surface area contributed by atoms with Gasteiger partial charge in [-0.15, -0.1) is 0 Å². The minimum absolute atomic E-state index is 0.0252. The van der Waals surface area contributed by atoms with Gasteiger partial charge in [0.05, 0.1) is 13.2 Å². The van der Waals surface area contributed by atoms with Gasteiger partial charge in [-0.3, -0.25) is 0 Å². The summed E-state index contributed by atoms with van der Waals surface area (Å²) < 4.78 is 5.46. The smallest absolute Gasteiger partial charge is 0.323 e. The largest absolute Gasteiger partial charge is 0.463 e. The van der Waals surface area contributed by atoms with Crippen molar-refractivity contribution in [2.75, 3.05) is 43.1 Å². The first-order valence-corrected chi connectivity index (χ1v) is 6.73. The third-order valence-corrected chi connectivity index (χ3v) is 2.48. The van der Waals surface area contributed by atoms with Crippen LogP contribution < -0.4 is 15.0 Å². The molecule has 108 valence electrons. The maximum absolute atomic E-state index is 8.83. The van der Waals surface area contributed by atoms with Gasteiger partial charge in [0.1, 0.15) is 0 Å². The first kappa shape index (κ1) is 15.4. The average Bonchev–Trinajstić information content (AvgIpc) is 2.44. The average molecular weight is 269 g/mol. The maximum atomic E-state index is 8.83. The fraction of sp³-hybridized carbons (Fsp3) is 0.750. The number of aliphatic hydroxyl groups is 1. The molecule has 7 heteroatoms. The number of hydrogen-bond acceptors (Lipinski definition) is 7. The summed E-state index contributed by atoms with van der Waals surface area (Å²) in [5.41, 5.74) is 0. The zero-order valence-corrected chi connectivity index (χ0v) is 11.9. The van der Waals surface area contributed by atoms with Crippen LogP contribution in [0.25, 0.3) is 0 Å². The van der Waals surface area contributed by atoms with Crippen molar-refractivity contribution in [1.82, 2.24) is 15.0 Å². The van der Waals surface area contributed by atoms with E-state index in [4.69, 9.17) is 9.84 Å². The van der Waals surface area contributed by atoms with Crippen molar-refractivity contribution in [3.63, 3.8) is 0 Å². The molecule has 0 aliphatic heterocycles. The van der Waals surface area contributed by atoms with Crippen molar-refractivity contribution in [2.24, 2.45) is 0 Å². The molecular weight excluding hydrogens is 246 g/mol. The predicted octanol–water partition coefficient (Wildman–Crippen LogP) is 0.911. The molecule has 1 heterocycles. The lowest BCUT2D eigenvalue weighted by Gasteiger charge is -2.19. The number of hydrogen-bond donors (Lipinski definition) is 2. The van der Waals surface area contributed by atoms with Crippen molar-refractivity contribution in [3.8, 4) is 6.01 Å². The number of aromatic nitrogens is 3. The molecule has 7 nitrogen and oxygen atoms in total. The Morgan fingerprint density at radius 2 is 1.89 bits per heavy atom. The van der Waals surface area contributed by atoms with E-state index in [0.717, 1.165) is 19.5 Å². The van der Waals surface area contributed by atoms with Crippen LogP contribution in [0.3, 0.4) is 0 Å². The van der Waals surface area contributed by atoms with Crippen LogP contribution in [0.15, 0.2) is 0 Å². The van der Waals surface area contributed by atoms with Crippen LogP contribution in [0, 0.1) is 0 Å². The molecule has 1 rings (SSSR count). The third-order valence-electron chi connectivity index (χ3n) is 2.48. The summed E-state index contributed by atoms with van der Waals surface area (Å²) in [4.78, 5) is 14.8. The summed E-state index contributed by atoms with van der Waals surface area (Å²) in [6.45, 7) is 8.73. The van der Waals surface area contributed by atoms with E-state index in [1.807, 2.05) is 25.7 Å². The fourth-order valence-corrected chi connectivity index (χ4v) is 1.50. The highest BCUT2D eigenvalue weighted by Crippen LogP contribution is 2.14. The van der Waals surface area contributed by atoms with E-state index in [2.05, 4.69) is 20.3 Å². The van der Waals surface area contributed by atoms with Crippen molar-refractivity contribution in [2.45, 2.75) is 27.2 Å². The molecule has 1 aromatic heterocycles. The molecule has 0 unspecified atom stereocenters. The minimum Gasteiger partial charge on any atom is -0.463 e. The van der Waals surface area contributed by atoms with Crippen LogP contribution in [-0.2, 0) is 0 Å². The molecule has 1 aromatic rings. The molecule has 0 atom stereocenters. The van der Waals surface area contributed by atoms with Crippen molar-refractivity contribution in [3.05, 3.63) is 0 Å². The SMILES string of the molecule is CCCOc1nc(NCCO)nc(N(CC)CC)n1. The van der Waals surface area contributed by atoms with Crippen molar-refractivity contribution < 1.29 is 9.84 Å². The van der Waals surface area contributed by atoms with Gasteiger partial charge in [-0.25, -0.2) is 0 Å². The number of nitrogens with one attached hydrogen (secondary N) is 1. The van der Waals surface area contributed by atoms with Gasteiger partial charge >= 0.3 is 6.01 Å². The summed E-state index contributed by atoms with van der Waals surface area (Å²) in [6.07, 6.45) is 0.895. The molecule has 0 bridgehead atoms. The van der Waals surface area contributed by atoms with Gasteiger partial charge in [0, 0.05) is 19.6 Å². The molecule has 19 heavy (non-hydrogen) atoms. The molecule has 0 radical (unpaired) electrons. The van der Waals surface area contributed by atoms with Crippen molar-refractivity contribution in [1.29, 1.82) is 0 Å². The number of rotatable bonds is 9. The van der Waals surface area contributed by atoms with Gasteiger partial charge in [-0.05, 0) is 20.3 Å². The Bertz CT molecular complexity index is 345. The highest BCUT2D eigenvalue weighted by atomic mass is 16.5. The van der Waals surface area contributed by atoms with E-state index in [0.29, 0.717) is 31.1 Å². The normalized spacial score (nSPS) is 10.3. The van der Waals surface area contributed by atoms with Gasteiger partial charge in [0.15, 0.2) is 0 Å². The van der Waals surface area contributed by atoms with Crippen LogP contribution in [0.1, 0.15) is 27.2 Å². The fourth-order valence-electron chi connectivity index (χ4n) is 1.50. The van der Waals surface area contributed by atoms with Gasteiger partial charge in [0.2, 0.25) is 11.9 Å². The second-order valence-electron chi connectivity index (χ2n) is 3.91. The van der Waals surface area contributed by atoms with E-state index in [-0.39, 0.29) is 6.61 Å². The summed E-state index contributed by atoms with van der Waals surface area (Å²) >= 11 is 0. The maximum Gasteiger partial charge on any atom is 0.323 e. The van der Waals surface area contributed by atoms with Crippen LogP contribution in [0.2, 0.25) is 0 Å². The summed E-state index contributed by atoms with van der Waals surface area (Å²) in [6, 6.07) is 0.319. The van der Waals surface area contributed by atoms with E-state index in [1.54, 1.807) is 0 Å². The lowest BCUT2D eigenvalue weighted by Crippen LogP contribution is -2.25. The molecule has 0 fully saturated rings. The Kier molecular flexibility index (Phi) is 6.88. The number of ether oxygens (including phenoxy) is 1. The summed E-state index contributed by atoms with van der Waals surface area (Å²) in [5.74, 6) is 1.02. The lowest BCUT2D eigenvalue weighted by molar-refractivity contribution is 0.291. The van der Waals surface area contributed by atoms with Crippen LogP contribution in [-0.4, -0.2) is 52.9 Å². The van der Waals surface area contributed by atoms with E-state index < -0.39 is 0 Å². The number of anilines is 2. The zero-order chi connectivity index (χ0) is 14.1. The third kappa shape index (κ3) is 4.86. The monoisotopic (exact) mass is 269 g/mol. The van der Waals surface area contributed by atoms with E-state index >= 15 is 0 Å². The van der Waals surface area contributed by atoms with Gasteiger partial charge in [-0.2, -0.15) is 15.0 Å². The van der Waals surface area contributed by atoms with Gasteiger partial charge in [0.25, 0.3) is 0 Å².